The first-order valence-electron chi connectivity index (χ1n) is 4.51. The summed E-state index contributed by atoms with van der Waals surface area (Å²) in [4.78, 5) is 10.6. The van der Waals surface area contributed by atoms with Crippen LogP contribution in [-0.4, -0.2) is 17.7 Å². The summed E-state index contributed by atoms with van der Waals surface area (Å²) >= 11 is 0. The van der Waals surface area contributed by atoms with Gasteiger partial charge in [0.15, 0.2) is 0 Å². The van der Waals surface area contributed by atoms with Gasteiger partial charge in [-0.25, -0.2) is 9.18 Å². The monoisotopic (exact) mass is 213 g/mol. The Morgan fingerprint density at radius 1 is 1.60 bits per heavy atom. The van der Waals surface area contributed by atoms with Gasteiger partial charge in [0.2, 0.25) is 0 Å². The van der Waals surface area contributed by atoms with Crippen LogP contribution in [0, 0.1) is 5.82 Å². The van der Waals surface area contributed by atoms with Crippen LogP contribution < -0.4 is 10.5 Å². The van der Waals surface area contributed by atoms with E-state index in [1.807, 2.05) is 6.92 Å². The van der Waals surface area contributed by atoms with E-state index in [1.54, 1.807) is 0 Å². The number of carbonyl (C=O) groups is 1. The van der Waals surface area contributed by atoms with Gasteiger partial charge in [-0.2, -0.15) is 0 Å². The zero-order valence-electron chi connectivity index (χ0n) is 8.29. The van der Waals surface area contributed by atoms with Gasteiger partial charge in [-0.3, -0.25) is 0 Å². The fourth-order valence-electron chi connectivity index (χ4n) is 1.07. The van der Waals surface area contributed by atoms with Crippen molar-refractivity contribution in [1.82, 2.24) is 0 Å². The molecule has 0 unspecified atom stereocenters. The highest BCUT2D eigenvalue weighted by atomic mass is 19.1. The zero-order valence-corrected chi connectivity index (χ0v) is 8.29. The van der Waals surface area contributed by atoms with Gasteiger partial charge in [-0.05, 0) is 12.5 Å². The van der Waals surface area contributed by atoms with Crippen LogP contribution in [0.15, 0.2) is 12.1 Å². The van der Waals surface area contributed by atoms with Gasteiger partial charge in [-0.1, -0.05) is 6.92 Å². The zero-order chi connectivity index (χ0) is 11.4. The van der Waals surface area contributed by atoms with Crippen LogP contribution in [0.3, 0.4) is 0 Å². The molecule has 15 heavy (non-hydrogen) atoms. The average Bonchev–Trinajstić information content (AvgIpc) is 2.18. The van der Waals surface area contributed by atoms with Gasteiger partial charge < -0.3 is 15.6 Å². The number of carboxylic acid groups (broad SMARTS) is 1. The lowest BCUT2D eigenvalue weighted by atomic mass is 10.2. The average molecular weight is 213 g/mol. The first kappa shape index (κ1) is 11.3. The molecule has 0 aromatic heterocycles. The minimum Gasteiger partial charge on any atom is -0.491 e. The number of nitrogen functional groups attached to an aromatic ring is 1. The summed E-state index contributed by atoms with van der Waals surface area (Å²) in [6.45, 7) is 2.31. The first-order valence-corrected chi connectivity index (χ1v) is 4.51. The van der Waals surface area contributed by atoms with E-state index in [-0.39, 0.29) is 11.4 Å². The molecule has 3 N–H and O–H groups in total. The SMILES string of the molecule is CCCOc1cc(F)c(C(=O)O)cc1N. The number of nitrogens with two attached hydrogens (primary N) is 1. The number of aromatic carboxylic acids is 1. The molecule has 0 saturated heterocycles. The summed E-state index contributed by atoms with van der Waals surface area (Å²) < 4.78 is 18.3. The molecular formula is C10H12FNO3. The second kappa shape index (κ2) is 4.63. The van der Waals surface area contributed by atoms with Gasteiger partial charge in [0.1, 0.15) is 11.6 Å². The molecule has 0 saturated carbocycles. The van der Waals surface area contributed by atoms with Crippen molar-refractivity contribution in [1.29, 1.82) is 0 Å². The smallest absolute Gasteiger partial charge is 0.338 e. The number of ether oxygens (including phenoxy) is 1. The van der Waals surface area contributed by atoms with E-state index in [2.05, 4.69) is 0 Å². The molecule has 82 valence electrons. The summed E-state index contributed by atoms with van der Waals surface area (Å²) in [5.74, 6) is -2.01. The summed E-state index contributed by atoms with van der Waals surface area (Å²) in [5, 5.41) is 8.62. The van der Waals surface area contributed by atoms with Crippen molar-refractivity contribution in [3.8, 4) is 5.75 Å². The van der Waals surface area contributed by atoms with Crippen LogP contribution in [0.25, 0.3) is 0 Å². The molecule has 0 bridgehead atoms. The highest BCUT2D eigenvalue weighted by Crippen LogP contribution is 2.25. The summed E-state index contributed by atoms with van der Waals surface area (Å²) in [6, 6.07) is 2.05. The highest BCUT2D eigenvalue weighted by molar-refractivity contribution is 5.89. The Balaban J connectivity index is 3.02. The predicted molar refractivity (Wildman–Crippen MR) is 53.6 cm³/mol. The van der Waals surface area contributed by atoms with Gasteiger partial charge in [0.05, 0.1) is 17.9 Å². The van der Waals surface area contributed by atoms with Crippen LogP contribution >= 0.6 is 0 Å². The number of carboxylic acids is 1. The molecule has 0 heterocycles. The van der Waals surface area contributed by atoms with E-state index in [1.165, 1.54) is 0 Å². The van der Waals surface area contributed by atoms with Gasteiger partial charge in [0, 0.05) is 6.07 Å². The molecule has 0 aliphatic heterocycles. The number of benzene rings is 1. The third-order valence-corrected chi connectivity index (χ3v) is 1.79. The lowest BCUT2D eigenvalue weighted by Crippen LogP contribution is -2.05. The number of rotatable bonds is 4. The fraction of sp³-hybridized carbons (Fsp3) is 0.300. The minimum atomic E-state index is -1.35. The molecule has 5 heteroatoms. The van der Waals surface area contributed by atoms with E-state index >= 15 is 0 Å². The van der Waals surface area contributed by atoms with E-state index in [0.717, 1.165) is 18.6 Å². The molecule has 0 atom stereocenters. The van der Waals surface area contributed by atoms with Crippen molar-refractivity contribution in [2.75, 3.05) is 12.3 Å². The number of hydrogen-bond acceptors (Lipinski definition) is 3. The van der Waals surface area contributed by atoms with E-state index < -0.39 is 17.3 Å². The van der Waals surface area contributed by atoms with Crippen molar-refractivity contribution in [3.05, 3.63) is 23.5 Å². The normalized spacial score (nSPS) is 10.0. The van der Waals surface area contributed by atoms with E-state index in [4.69, 9.17) is 15.6 Å². The second-order valence-electron chi connectivity index (χ2n) is 3.02. The van der Waals surface area contributed by atoms with Crippen LogP contribution in [0.4, 0.5) is 10.1 Å². The number of hydrogen-bond donors (Lipinski definition) is 2. The molecule has 0 aliphatic rings. The summed E-state index contributed by atoms with van der Waals surface area (Å²) in [7, 11) is 0. The van der Waals surface area contributed by atoms with Crippen molar-refractivity contribution < 1.29 is 19.0 Å². The molecule has 1 aromatic rings. The topological polar surface area (TPSA) is 72.5 Å². The first-order chi connectivity index (χ1) is 7.06. The molecular weight excluding hydrogens is 201 g/mol. The maximum atomic E-state index is 13.2. The van der Waals surface area contributed by atoms with Gasteiger partial charge >= 0.3 is 5.97 Å². The molecule has 0 radical (unpaired) electrons. The third-order valence-electron chi connectivity index (χ3n) is 1.79. The lowest BCUT2D eigenvalue weighted by molar-refractivity contribution is 0.0692. The molecule has 1 aromatic carbocycles. The molecule has 0 spiro atoms. The quantitative estimate of drug-likeness (QED) is 0.749. The van der Waals surface area contributed by atoms with Gasteiger partial charge in [-0.15, -0.1) is 0 Å². The molecule has 0 aliphatic carbocycles. The van der Waals surface area contributed by atoms with Crippen molar-refractivity contribution >= 4 is 11.7 Å². The van der Waals surface area contributed by atoms with Crippen LogP contribution in [0.5, 0.6) is 5.75 Å². The maximum absolute atomic E-state index is 13.2. The maximum Gasteiger partial charge on any atom is 0.338 e. The second-order valence-corrected chi connectivity index (χ2v) is 3.02. The van der Waals surface area contributed by atoms with Crippen molar-refractivity contribution in [2.24, 2.45) is 0 Å². The number of anilines is 1. The molecule has 0 fully saturated rings. The Morgan fingerprint density at radius 2 is 2.27 bits per heavy atom. The van der Waals surface area contributed by atoms with Crippen LogP contribution in [0.2, 0.25) is 0 Å². The molecule has 4 nitrogen and oxygen atoms in total. The van der Waals surface area contributed by atoms with Crippen molar-refractivity contribution in [3.63, 3.8) is 0 Å². The standard InChI is InChI=1S/C10H12FNO3/c1-2-3-15-9-5-7(11)6(10(13)14)4-8(9)12/h4-5H,2-3,12H2,1H3,(H,13,14). The predicted octanol–water partition coefficient (Wildman–Crippen LogP) is 1.89. The Bertz CT molecular complexity index is 379. The van der Waals surface area contributed by atoms with E-state index in [0.29, 0.717) is 6.61 Å². The van der Waals surface area contributed by atoms with E-state index in [9.17, 15) is 9.18 Å². The summed E-state index contributed by atoms with van der Waals surface area (Å²) in [6.07, 6.45) is 0.766. The summed E-state index contributed by atoms with van der Waals surface area (Å²) in [5.41, 5.74) is 5.19. The Hall–Kier alpha value is -1.78. The highest BCUT2D eigenvalue weighted by Gasteiger charge is 2.14. The fourth-order valence-corrected chi connectivity index (χ4v) is 1.07. The van der Waals surface area contributed by atoms with Crippen LogP contribution in [-0.2, 0) is 0 Å². The van der Waals surface area contributed by atoms with Gasteiger partial charge in [0.25, 0.3) is 0 Å². The third kappa shape index (κ3) is 2.59. The lowest BCUT2D eigenvalue weighted by Gasteiger charge is -2.08. The largest absolute Gasteiger partial charge is 0.491 e. The minimum absolute atomic E-state index is 0.127. The Morgan fingerprint density at radius 3 is 2.80 bits per heavy atom. The molecule has 0 amide bonds. The number of halogens is 1. The van der Waals surface area contributed by atoms with Crippen LogP contribution in [0.1, 0.15) is 23.7 Å². The Kier molecular flexibility index (Phi) is 3.49. The van der Waals surface area contributed by atoms with Crippen molar-refractivity contribution in [2.45, 2.75) is 13.3 Å². The Labute approximate surface area is 86.5 Å². The molecule has 1 rings (SSSR count).